The third kappa shape index (κ3) is 10.7. The fraction of sp³-hybridized carbons (Fsp3) is 0.600. The fourth-order valence-electron chi connectivity index (χ4n) is 9.71. The number of piperidine rings is 2. The molecule has 63 heavy (non-hydrogen) atoms. The van der Waals surface area contributed by atoms with E-state index in [-0.39, 0.29) is 55.2 Å². The summed E-state index contributed by atoms with van der Waals surface area (Å²) in [5, 5.41) is 5.42. The minimum Gasteiger partial charge on any atom is -0.464 e. The predicted molar refractivity (Wildman–Crippen MR) is 242 cm³/mol. The van der Waals surface area contributed by atoms with Crippen LogP contribution in [0.4, 0.5) is 0 Å². The highest BCUT2D eigenvalue weighted by Gasteiger charge is 2.38. The monoisotopic (exact) mass is 865 g/mol. The van der Waals surface area contributed by atoms with Gasteiger partial charge in [0, 0.05) is 57.1 Å². The molecule has 3 aliphatic heterocycles. The Kier molecular flexibility index (Phi) is 14.0. The highest BCUT2D eigenvalue weighted by molar-refractivity contribution is 6.07. The summed E-state index contributed by atoms with van der Waals surface area (Å²) in [6.45, 7) is 18.9. The number of allylic oxidation sites excluding steroid dienone is 1. The van der Waals surface area contributed by atoms with Crippen LogP contribution in [0.2, 0.25) is 0 Å². The molecular formula is C50H68N6O7. The average Bonchev–Trinajstić information content (AvgIpc) is 3.67. The molecule has 0 saturated carbocycles. The second-order valence-corrected chi connectivity index (χ2v) is 20.5. The largest absolute Gasteiger partial charge is 0.464 e. The molecule has 13 heteroatoms. The number of likely N-dealkylation sites (tertiary alicyclic amines) is 2. The van der Waals surface area contributed by atoms with Crippen LogP contribution in [0, 0.1) is 29.6 Å². The van der Waals surface area contributed by atoms with Gasteiger partial charge in [-0.2, -0.15) is 5.10 Å². The Hall–Kier alpha value is -4.88. The number of hydrogen-bond donors (Lipinski definition) is 0. The molecule has 2 amide bonds. The SMILES string of the molecule is Cc1cc(C[C@@H](CC(=O)N2CCC(C3=Cc4ccccc4C(COC(=O)C(C)(C)C)C3=O)CC2)C(=O)N2CCN(C3CCN(C)CC3)CC2)cc2cnn(COC(=O)C(C)(C)C)c12. The standard InChI is InChI=1S/C50H68N6O7/c1-33-25-34(27-38-30-51-56(44(33)38)32-63-48(61)50(5,6)7)26-37(46(59)55-23-21-53(22-24-55)39-15-17-52(8)18-16-39)29-43(57)54-19-13-35(14-20-54)41-28-36-11-9-10-12-40(36)42(45(41)58)31-62-47(60)49(2,3)4/h9-12,25,27-28,30,35,37,39,42H,13-24,26,29,31-32H2,1-8H3/t37-,42?/m0/s1. The van der Waals surface area contributed by atoms with Gasteiger partial charge in [0.25, 0.3) is 0 Å². The molecule has 1 unspecified atom stereocenters. The van der Waals surface area contributed by atoms with E-state index in [9.17, 15) is 24.0 Å². The Morgan fingerprint density at radius 2 is 1.46 bits per heavy atom. The van der Waals surface area contributed by atoms with Crippen molar-refractivity contribution in [2.45, 2.75) is 106 Å². The van der Waals surface area contributed by atoms with Crippen LogP contribution in [0.15, 0.2) is 48.2 Å². The van der Waals surface area contributed by atoms with Crippen molar-refractivity contribution >= 4 is 46.5 Å². The molecule has 2 aromatic carbocycles. The summed E-state index contributed by atoms with van der Waals surface area (Å²) >= 11 is 0. The number of nitrogens with zero attached hydrogens (tertiary/aromatic N) is 6. The second-order valence-electron chi connectivity index (χ2n) is 20.5. The van der Waals surface area contributed by atoms with Gasteiger partial charge < -0.3 is 24.2 Å². The molecule has 3 fully saturated rings. The van der Waals surface area contributed by atoms with Crippen LogP contribution in [-0.4, -0.2) is 131 Å². The number of ether oxygens (including phenoxy) is 2. The topological polar surface area (TPSA) is 135 Å². The molecule has 4 heterocycles. The van der Waals surface area contributed by atoms with Crippen LogP contribution in [0.3, 0.4) is 0 Å². The van der Waals surface area contributed by atoms with Crippen LogP contribution < -0.4 is 0 Å². The molecule has 1 aliphatic carbocycles. The number of amides is 2. The molecule has 1 aromatic heterocycles. The van der Waals surface area contributed by atoms with Gasteiger partial charge in [0.1, 0.15) is 6.61 Å². The smallest absolute Gasteiger partial charge is 0.313 e. The molecule has 0 bridgehead atoms. The van der Waals surface area contributed by atoms with E-state index in [1.54, 1.807) is 31.6 Å². The van der Waals surface area contributed by atoms with Crippen molar-refractivity contribution in [3.05, 3.63) is 70.4 Å². The van der Waals surface area contributed by atoms with E-state index in [2.05, 4.69) is 28.0 Å². The maximum atomic E-state index is 14.6. The summed E-state index contributed by atoms with van der Waals surface area (Å²) in [5.74, 6) is -1.88. The number of benzene rings is 2. The molecule has 340 valence electrons. The first-order chi connectivity index (χ1) is 29.9. The zero-order valence-corrected chi connectivity index (χ0v) is 38.8. The van der Waals surface area contributed by atoms with E-state index in [0.717, 1.165) is 77.8 Å². The molecule has 0 N–H and O–H groups in total. The first kappa shape index (κ1) is 46.1. The molecule has 13 nitrogen and oxygen atoms in total. The van der Waals surface area contributed by atoms with Gasteiger partial charge in [0.15, 0.2) is 12.5 Å². The van der Waals surface area contributed by atoms with Crippen LogP contribution >= 0.6 is 0 Å². The Labute approximate surface area is 373 Å². The Bertz CT molecular complexity index is 2210. The van der Waals surface area contributed by atoms with Gasteiger partial charge in [-0.3, -0.25) is 28.9 Å². The molecule has 4 aliphatic rings. The maximum Gasteiger partial charge on any atom is 0.313 e. The average molecular weight is 865 g/mol. The van der Waals surface area contributed by atoms with E-state index < -0.39 is 22.7 Å². The number of rotatable bonds is 11. The third-order valence-corrected chi connectivity index (χ3v) is 13.6. The number of fused-ring (bicyclic) bond motifs is 2. The molecule has 3 saturated heterocycles. The summed E-state index contributed by atoms with van der Waals surface area (Å²) in [5.41, 5.74) is 4.00. The number of carbonyl (C=O) groups is 5. The molecule has 3 aromatic rings. The van der Waals surface area contributed by atoms with Crippen molar-refractivity contribution in [2.24, 2.45) is 22.7 Å². The highest BCUT2D eigenvalue weighted by atomic mass is 16.5. The van der Waals surface area contributed by atoms with Gasteiger partial charge in [0.05, 0.1) is 34.4 Å². The van der Waals surface area contributed by atoms with Crippen LogP contribution in [0.5, 0.6) is 0 Å². The Morgan fingerprint density at radius 3 is 2.13 bits per heavy atom. The van der Waals surface area contributed by atoms with Gasteiger partial charge in [0.2, 0.25) is 11.8 Å². The lowest BCUT2D eigenvalue weighted by molar-refractivity contribution is -0.157. The maximum absolute atomic E-state index is 14.6. The highest BCUT2D eigenvalue weighted by Crippen LogP contribution is 2.38. The fourth-order valence-corrected chi connectivity index (χ4v) is 9.71. The first-order valence-electron chi connectivity index (χ1n) is 23.0. The van der Waals surface area contributed by atoms with Crippen LogP contribution in [-0.2, 0) is 46.6 Å². The van der Waals surface area contributed by atoms with Gasteiger partial charge in [-0.25, -0.2) is 4.68 Å². The van der Waals surface area contributed by atoms with E-state index >= 15 is 0 Å². The Balaban J connectivity index is 1.04. The molecular weight excluding hydrogens is 797 g/mol. The number of esters is 2. The normalized spacial score (nSPS) is 20.3. The number of aryl methyl sites for hydroxylation is 1. The van der Waals surface area contributed by atoms with E-state index in [1.807, 2.05) is 73.9 Å². The summed E-state index contributed by atoms with van der Waals surface area (Å²) in [7, 11) is 2.17. The zero-order valence-electron chi connectivity index (χ0n) is 38.8. The van der Waals surface area contributed by atoms with Gasteiger partial charge in [-0.1, -0.05) is 30.3 Å². The number of aromatic nitrogens is 2. The second kappa shape index (κ2) is 19.1. The first-order valence-corrected chi connectivity index (χ1v) is 23.0. The molecule has 0 radical (unpaired) electrons. The number of hydrogen-bond acceptors (Lipinski definition) is 10. The lowest BCUT2D eigenvalue weighted by Crippen LogP contribution is -2.55. The Morgan fingerprint density at radius 1 is 0.810 bits per heavy atom. The van der Waals surface area contributed by atoms with Gasteiger partial charge in [-0.05, 0) is 147 Å². The summed E-state index contributed by atoms with van der Waals surface area (Å²) in [6, 6.07) is 12.4. The van der Waals surface area contributed by atoms with Gasteiger partial charge in [-0.15, -0.1) is 0 Å². The molecule has 0 spiro atoms. The lowest BCUT2D eigenvalue weighted by Gasteiger charge is -2.43. The van der Waals surface area contributed by atoms with Crippen molar-refractivity contribution in [3.8, 4) is 0 Å². The molecule has 2 atom stereocenters. The molecule has 7 rings (SSSR count). The summed E-state index contributed by atoms with van der Waals surface area (Å²) in [6.07, 6.45) is 7.78. The quantitative estimate of drug-likeness (QED) is 0.204. The summed E-state index contributed by atoms with van der Waals surface area (Å²) in [4.78, 5) is 77.0. The number of piperazine rings is 1. The van der Waals surface area contributed by atoms with Crippen molar-refractivity contribution in [1.82, 2.24) is 29.4 Å². The van der Waals surface area contributed by atoms with Crippen LogP contribution in [0.1, 0.15) is 102 Å². The van der Waals surface area contributed by atoms with Crippen molar-refractivity contribution in [3.63, 3.8) is 0 Å². The number of ketones is 1. The zero-order chi connectivity index (χ0) is 45.2. The van der Waals surface area contributed by atoms with Crippen molar-refractivity contribution in [2.75, 3.05) is 66.0 Å². The summed E-state index contributed by atoms with van der Waals surface area (Å²) < 4.78 is 13.0. The number of Topliss-reactive ketones (excluding diaryl/α,β-unsaturated/α-hetero) is 1. The minimum absolute atomic E-state index is 0.00181. The van der Waals surface area contributed by atoms with E-state index in [0.29, 0.717) is 51.5 Å². The third-order valence-electron chi connectivity index (χ3n) is 13.6. The van der Waals surface area contributed by atoms with E-state index in [4.69, 9.17) is 9.47 Å². The number of carbonyl (C=O) groups excluding carboxylic acids is 5. The van der Waals surface area contributed by atoms with Crippen LogP contribution in [0.25, 0.3) is 17.0 Å². The minimum atomic E-state index is -0.679. The van der Waals surface area contributed by atoms with E-state index in [1.165, 1.54) is 0 Å². The van der Waals surface area contributed by atoms with Crippen molar-refractivity contribution < 1.29 is 33.4 Å². The lowest BCUT2D eigenvalue weighted by atomic mass is 9.75. The van der Waals surface area contributed by atoms with Crippen molar-refractivity contribution in [1.29, 1.82) is 0 Å². The predicted octanol–water partition coefficient (Wildman–Crippen LogP) is 6.26. The van der Waals surface area contributed by atoms with Gasteiger partial charge >= 0.3 is 11.9 Å².